The van der Waals surface area contributed by atoms with Crippen molar-refractivity contribution in [1.82, 2.24) is 19.7 Å². The molecule has 0 saturated carbocycles. The summed E-state index contributed by atoms with van der Waals surface area (Å²) in [5.74, 6) is 0.717. The summed E-state index contributed by atoms with van der Waals surface area (Å²) in [6.07, 6.45) is 0. The van der Waals surface area contributed by atoms with Crippen LogP contribution in [0.4, 0.5) is 0 Å². The lowest BCUT2D eigenvalue weighted by Gasteiger charge is -2.34. The van der Waals surface area contributed by atoms with Crippen molar-refractivity contribution in [1.29, 1.82) is 0 Å². The zero-order chi connectivity index (χ0) is 21.0. The predicted molar refractivity (Wildman–Crippen MR) is 113 cm³/mol. The Bertz CT molecular complexity index is 855. The number of rotatable bonds is 6. The van der Waals surface area contributed by atoms with Crippen LogP contribution >= 0.6 is 11.3 Å². The van der Waals surface area contributed by atoms with Gasteiger partial charge in [0.05, 0.1) is 12.2 Å². The third-order valence-corrected chi connectivity index (χ3v) is 6.04. The molecule has 7 nitrogen and oxygen atoms in total. The van der Waals surface area contributed by atoms with Gasteiger partial charge in [-0.3, -0.25) is 14.5 Å². The fourth-order valence-corrected chi connectivity index (χ4v) is 4.27. The zero-order valence-electron chi connectivity index (χ0n) is 17.5. The summed E-state index contributed by atoms with van der Waals surface area (Å²) in [6, 6.07) is 7.70. The summed E-state index contributed by atoms with van der Waals surface area (Å²) >= 11 is 1.46. The van der Waals surface area contributed by atoms with E-state index in [0.29, 0.717) is 30.3 Å². The zero-order valence-corrected chi connectivity index (χ0v) is 18.3. The average Bonchev–Trinajstić information content (AvgIpc) is 3.07. The number of ether oxygens (including phenoxy) is 1. The van der Waals surface area contributed by atoms with E-state index in [1.165, 1.54) is 11.3 Å². The van der Waals surface area contributed by atoms with Crippen LogP contribution in [0.2, 0.25) is 0 Å². The number of aryl methyl sites for hydroxylation is 2. The second-order valence-corrected chi connectivity index (χ2v) is 8.56. The first-order chi connectivity index (χ1) is 13.8. The van der Waals surface area contributed by atoms with Gasteiger partial charge in [0, 0.05) is 40.3 Å². The molecule has 1 aromatic carbocycles. The van der Waals surface area contributed by atoms with Crippen molar-refractivity contribution >= 4 is 23.2 Å². The fraction of sp³-hybridized carbons (Fsp3) is 0.476. The summed E-state index contributed by atoms with van der Waals surface area (Å²) in [5, 5.41) is 0.940. The molecular formula is C21H28N4O3S. The molecule has 2 aromatic rings. The monoisotopic (exact) mass is 416 g/mol. The summed E-state index contributed by atoms with van der Waals surface area (Å²) in [4.78, 5) is 35.6. The number of aromatic nitrogens is 1. The van der Waals surface area contributed by atoms with Crippen molar-refractivity contribution < 1.29 is 14.3 Å². The van der Waals surface area contributed by atoms with Gasteiger partial charge in [-0.05, 0) is 26.0 Å². The van der Waals surface area contributed by atoms with E-state index in [0.717, 1.165) is 29.4 Å². The first kappa shape index (κ1) is 21.3. The molecule has 1 saturated heterocycles. The van der Waals surface area contributed by atoms with Crippen LogP contribution in [0.5, 0.6) is 5.75 Å². The van der Waals surface area contributed by atoms with Crippen LogP contribution in [0.25, 0.3) is 0 Å². The van der Waals surface area contributed by atoms with Gasteiger partial charge in [-0.25, -0.2) is 4.98 Å². The van der Waals surface area contributed by atoms with Gasteiger partial charge in [0.1, 0.15) is 15.6 Å². The summed E-state index contributed by atoms with van der Waals surface area (Å²) in [7, 11) is 3.50. The summed E-state index contributed by atoms with van der Waals surface area (Å²) in [6.45, 7) is 7.56. The van der Waals surface area contributed by atoms with Crippen molar-refractivity contribution in [3.8, 4) is 5.75 Å². The summed E-state index contributed by atoms with van der Waals surface area (Å²) < 4.78 is 5.61. The Morgan fingerprint density at radius 2 is 1.76 bits per heavy atom. The van der Waals surface area contributed by atoms with Gasteiger partial charge < -0.3 is 14.5 Å². The number of carbonyl (C=O) groups excluding carboxylic acids is 2. The SMILES string of the molecule is Cc1ccc(OCC(=O)N2CCN(Cc3nc(C)c(C(=O)N(C)C)s3)CC2)cc1. The summed E-state index contributed by atoms with van der Waals surface area (Å²) in [5.41, 5.74) is 1.94. The molecule has 2 amide bonds. The van der Waals surface area contributed by atoms with E-state index in [1.54, 1.807) is 19.0 Å². The highest BCUT2D eigenvalue weighted by atomic mass is 32.1. The molecule has 1 aliphatic heterocycles. The first-order valence-electron chi connectivity index (χ1n) is 9.71. The largest absolute Gasteiger partial charge is 0.484 e. The van der Waals surface area contributed by atoms with Crippen LogP contribution < -0.4 is 4.74 Å². The maximum absolute atomic E-state index is 12.4. The third kappa shape index (κ3) is 5.55. The number of carbonyl (C=O) groups is 2. The van der Waals surface area contributed by atoms with Crippen molar-refractivity contribution in [2.45, 2.75) is 20.4 Å². The molecule has 1 aliphatic rings. The number of nitrogens with zero attached hydrogens (tertiary/aromatic N) is 4. The quantitative estimate of drug-likeness (QED) is 0.722. The number of amides is 2. The minimum Gasteiger partial charge on any atom is -0.484 e. The highest BCUT2D eigenvalue weighted by molar-refractivity contribution is 7.13. The topological polar surface area (TPSA) is 66.0 Å². The van der Waals surface area contributed by atoms with Crippen molar-refractivity contribution in [2.75, 3.05) is 46.9 Å². The lowest BCUT2D eigenvalue weighted by atomic mass is 10.2. The smallest absolute Gasteiger partial charge is 0.265 e. The second kappa shape index (κ2) is 9.37. The minimum atomic E-state index is -0.00440. The van der Waals surface area contributed by atoms with Crippen molar-refractivity contribution in [2.24, 2.45) is 0 Å². The number of hydrogen-bond acceptors (Lipinski definition) is 6. The Morgan fingerprint density at radius 3 is 2.38 bits per heavy atom. The maximum atomic E-state index is 12.4. The van der Waals surface area contributed by atoms with Gasteiger partial charge in [-0.2, -0.15) is 0 Å². The van der Waals surface area contributed by atoms with Gasteiger partial charge in [0.15, 0.2) is 6.61 Å². The fourth-order valence-electron chi connectivity index (χ4n) is 3.14. The molecule has 0 bridgehead atoms. The van der Waals surface area contributed by atoms with Crippen LogP contribution in [0.15, 0.2) is 24.3 Å². The van der Waals surface area contributed by atoms with Gasteiger partial charge in [-0.1, -0.05) is 17.7 Å². The van der Waals surface area contributed by atoms with E-state index in [2.05, 4.69) is 9.88 Å². The molecule has 0 atom stereocenters. The number of piperazine rings is 1. The van der Waals surface area contributed by atoms with E-state index < -0.39 is 0 Å². The van der Waals surface area contributed by atoms with Crippen LogP contribution in [0.1, 0.15) is 25.9 Å². The lowest BCUT2D eigenvalue weighted by molar-refractivity contribution is -0.135. The molecule has 1 fully saturated rings. The van der Waals surface area contributed by atoms with Crippen LogP contribution in [-0.4, -0.2) is 78.4 Å². The Kier molecular flexibility index (Phi) is 6.87. The Hall–Kier alpha value is -2.45. The van der Waals surface area contributed by atoms with Gasteiger partial charge in [0.2, 0.25) is 0 Å². The van der Waals surface area contributed by atoms with E-state index in [9.17, 15) is 9.59 Å². The number of thiazole rings is 1. The molecule has 0 N–H and O–H groups in total. The van der Waals surface area contributed by atoms with E-state index in [1.807, 2.05) is 43.0 Å². The molecular weight excluding hydrogens is 388 g/mol. The maximum Gasteiger partial charge on any atom is 0.265 e. The first-order valence-corrected chi connectivity index (χ1v) is 10.5. The van der Waals surface area contributed by atoms with E-state index in [-0.39, 0.29) is 18.4 Å². The number of benzene rings is 1. The van der Waals surface area contributed by atoms with Crippen LogP contribution in [-0.2, 0) is 11.3 Å². The molecule has 29 heavy (non-hydrogen) atoms. The molecule has 0 aliphatic carbocycles. The Labute approximate surface area is 175 Å². The predicted octanol–water partition coefficient (Wildman–Crippen LogP) is 2.18. The minimum absolute atomic E-state index is 0.00440. The highest BCUT2D eigenvalue weighted by Gasteiger charge is 2.23. The van der Waals surface area contributed by atoms with Crippen molar-refractivity contribution in [3.63, 3.8) is 0 Å². The number of hydrogen-bond donors (Lipinski definition) is 0. The molecule has 156 valence electrons. The molecule has 8 heteroatoms. The molecule has 0 unspecified atom stereocenters. The lowest BCUT2D eigenvalue weighted by Crippen LogP contribution is -2.49. The van der Waals surface area contributed by atoms with Gasteiger partial charge in [-0.15, -0.1) is 11.3 Å². The van der Waals surface area contributed by atoms with Gasteiger partial charge >= 0.3 is 0 Å². The van der Waals surface area contributed by atoms with Crippen LogP contribution in [0.3, 0.4) is 0 Å². The van der Waals surface area contributed by atoms with Gasteiger partial charge in [0.25, 0.3) is 11.8 Å². The second-order valence-electron chi connectivity index (χ2n) is 7.48. The van der Waals surface area contributed by atoms with Crippen molar-refractivity contribution in [3.05, 3.63) is 45.4 Å². The molecule has 2 heterocycles. The normalized spacial score (nSPS) is 14.7. The average molecular weight is 417 g/mol. The highest BCUT2D eigenvalue weighted by Crippen LogP contribution is 2.21. The van der Waals surface area contributed by atoms with E-state index >= 15 is 0 Å². The molecule has 1 aromatic heterocycles. The molecule has 0 spiro atoms. The third-order valence-electron chi connectivity index (χ3n) is 4.91. The molecule has 3 rings (SSSR count). The van der Waals surface area contributed by atoms with E-state index in [4.69, 9.17) is 4.74 Å². The molecule has 0 radical (unpaired) electrons. The Morgan fingerprint density at radius 1 is 1.10 bits per heavy atom. The standard InChI is InChI=1S/C21H28N4O3S/c1-15-5-7-17(8-6-15)28-14-19(26)25-11-9-24(10-12-25)13-18-22-16(2)20(29-18)21(27)23(3)4/h5-8H,9-14H2,1-4H3. The Balaban J connectivity index is 1.46. The van der Waals surface area contributed by atoms with Crippen LogP contribution in [0, 0.1) is 13.8 Å².